The minimum Gasteiger partial charge on any atom is -0.495 e. The molecule has 1 aromatic carbocycles. The molecule has 2 aliphatic heterocycles. The predicted molar refractivity (Wildman–Crippen MR) is 121 cm³/mol. The molecule has 2 fully saturated rings. The average molecular weight is 464 g/mol. The molecule has 176 valence electrons. The van der Waals surface area contributed by atoms with Crippen molar-refractivity contribution in [2.75, 3.05) is 51.9 Å². The summed E-state index contributed by atoms with van der Waals surface area (Å²) in [6.45, 7) is 3.27. The average Bonchev–Trinajstić information content (AvgIpc) is 3.54. The first-order valence-electron chi connectivity index (χ1n) is 11.0. The Hall–Kier alpha value is -3.88. The number of nitrogens with zero attached hydrogens (tertiary/aromatic N) is 4. The maximum absolute atomic E-state index is 12.8. The topological polar surface area (TPSA) is 135 Å². The minimum atomic E-state index is -0.146. The summed E-state index contributed by atoms with van der Waals surface area (Å²) in [6.07, 6.45) is 2.17. The second kappa shape index (κ2) is 9.54. The molecule has 0 unspecified atom stereocenters. The van der Waals surface area contributed by atoms with Crippen LogP contribution in [0.4, 0.5) is 11.6 Å². The molecule has 0 saturated carbocycles. The molecule has 2 aromatic heterocycles. The van der Waals surface area contributed by atoms with Crippen molar-refractivity contribution in [2.24, 2.45) is 0 Å². The van der Waals surface area contributed by atoms with Crippen LogP contribution in [0.25, 0.3) is 11.0 Å². The van der Waals surface area contributed by atoms with Crippen molar-refractivity contribution in [3.8, 4) is 17.7 Å². The van der Waals surface area contributed by atoms with E-state index < -0.39 is 0 Å². The number of nitrogens with one attached hydrogen (secondary N) is 2. The van der Waals surface area contributed by atoms with Gasteiger partial charge >= 0.3 is 0 Å². The summed E-state index contributed by atoms with van der Waals surface area (Å²) in [7, 11) is 1.53. The highest BCUT2D eigenvalue weighted by molar-refractivity contribution is 5.95. The van der Waals surface area contributed by atoms with E-state index in [0.29, 0.717) is 79.0 Å². The van der Waals surface area contributed by atoms with E-state index in [-0.39, 0.29) is 18.0 Å². The summed E-state index contributed by atoms with van der Waals surface area (Å²) in [4.78, 5) is 26.6. The largest absolute Gasteiger partial charge is 0.495 e. The van der Waals surface area contributed by atoms with Gasteiger partial charge in [0.1, 0.15) is 23.6 Å². The number of rotatable bonds is 6. The van der Waals surface area contributed by atoms with Gasteiger partial charge in [0, 0.05) is 31.3 Å². The number of morpholine rings is 1. The summed E-state index contributed by atoms with van der Waals surface area (Å²) in [6, 6.07) is 7.31. The van der Waals surface area contributed by atoms with Crippen molar-refractivity contribution in [2.45, 2.75) is 12.5 Å². The fourth-order valence-corrected chi connectivity index (χ4v) is 3.99. The van der Waals surface area contributed by atoms with Crippen LogP contribution < -0.4 is 14.8 Å². The summed E-state index contributed by atoms with van der Waals surface area (Å²) in [5.41, 5.74) is 1.98. The van der Waals surface area contributed by atoms with Gasteiger partial charge in [0.2, 0.25) is 11.8 Å². The Balaban J connectivity index is 1.44. The monoisotopic (exact) mass is 464 g/mol. The summed E-state index contributed by atoms with van der Waals surface area (Å²) in [5, 5.41) is 13.1. The quantitative estimate of drug-likeness (QED) is 0.563. The van der Waals surface area contributed by atoms with E-state index in [9.17, 15) is 10.1 Å². The second-order valence-electron chi connectivity index (χ2n) is 7.94. The van der Waals surface area contributed by atoms with E-state index >= 15 is 0 Å². The smallest absolute Gasteiger partial charge is 0.254 e. The second-order valence-corrected chi connectivity index (χ2v) is 7.94. The highest BCUT2D eigenvalue weighted by Gasteiger charge is 2.23. The lowest BCUT2D eigenvalue weighted by atomic mass is 10.1. The van der Waals surface area contributed by atoms with Crippen molar-refractivity contribution >= 4 is 28.6 Å². The van der Waals surface area contributed by atoms with Crippen molar-refractivity contribution in [1.82, 2.24) is 19.9 Å². The van der Waals surface area contributed by atoms with Gasteiger partial charge in [-0.05, 0) is 18.2 Å². The highest BCUT2D eigenvalue weighted by Crippen LogP contribution is 2.32. The molecule has 0 radical (unpaired) electrons. The van der Waals surface area contributed by atoms with Gasteiger partial charge in [-0.3, -0.25) is 4.79 Å². The molecule has 4 heterocycles. The highest BCUT2D eigenvalue weighted by atomic mass is 16.5. The van der Waals surface area contributed by atoms with E-state index in [2.05, 4.69) is 26.3 Å². The molecular formula is C23H24N6O5. The number of nitriles is 1. The predicted octanol–water partition coefficient (Wildman–Crippen LogP) is 2.22. The van der Waals surface area contributed by atoms with E-state index in [1.807, 2.05) is 0 Å². The number of aromatic amines is 1. The van der Waals surface area contributed by atoms with E-state index in [4.69, 9.17) is 18.9 Å². The van der Waals surface area contributed by atoms with Gasteiger partial charge < -0.3 is 34.1 Å². The first kappa shape index (κ1) is 21.9. The van der Waals surface area contributed by atoms with Crippen LogP contribution in [0.5, 0.6) is 11.6 Å². The van der Waals surface area contributed by atoms with Crippen LogP contribution >= 0.6 is 0 Å². The zero-order valence-electron chi connectivity index (χ0n) is 18.7. The molecular weight excluding hydrogens is 440 g/mol. The summed E-state index contributed by atoms with van der Waals surface area (Å²) < 4.78 is 22.3. The first-order chi connectivity index (χ1) is 16.7. The zero-order valence-corrected chi connectivity index (χ0v) is 18.7. The molecule has 0 bridgehead atoms. The van der Waals surface area contributed by atoms with Crippen molar-refractivity contribution in [3.05, 3.63) is 35.5 Å². The first-order valence-corrected chi connectivity index (χ1v) is 11.0. The number of carbonyl (C=O) groups is 1. The third-order valence-electron chi connectivity index (χ3n) is 5.78. The van der Waals surface area contributed by atoms with Crippen LogP contribution in [0.2, 0.25) is 0 Å². The Bertz CT molecular complexity index is 1240. The molecule has 2 N–H and O–H groups in total. The van der Waals surface area contributed by atoms with E-state index in [1.54, 1.807) is 29.3 Å². The van der Waals surface area contributed by atoms with Crippen LogP contribution in [-0.4, -0.2) is 78.5 Å². The molecule has 11 nitrogen and oxygen atoms in total. The number of ether oxygens (including phenoxy) is 4. The Morgan fingerprint density at radius 1 is 1.26 bits per heavy atom. The van der Waals surface area contributed by atoms with Gasteiger partial charge in [0.05, 0.1) is 50.2 Å². The molecule has 1 atom stereocenters. The minimum absolute atomic E-state index is 0.0734. The SMILES string of the molecule is COc1cc(C(=O)N2CCOCC2)ccc1Nc1nc(O[C@H]2CCOC2)c2c(C#N)c[nH]c2n1. The third-order valence-corrected chi connectivity index (χ3v) is 5.78. The number of carbonyl (C=O) groups excluding carboxylic acids is 1. The molecule has 0 aliphatic carbocycles. The summed E-state index contributed by atoms with van der Waals surface area (Å²) >= 11 is 0. The van der Waals surface area contributed by atoms with Gasteiger partial charge in [-0.2, -0.15) is 15.2 Å². The Morgan fingerprint density at radius 3 is 2.85 bits per heavy atom. The Labute approximate surface area is 195 Å². The van der Waals surface area contributed by atoms with Gasteiger partial charge in [0.15, 0.2) is 0 Å². The maximum atomic E-state index is 12.8. The molecule has 3 aromatic rings. The lowest BCUT2D eigenvalue weighted by molar-refractivity contribution is 0.0302. The molecule has 11 heteroatoms. The molecule has 1 amide bonds. The molecule has 2 aliphatic rings. The van der Waals surface area contributed by atoms with Gasteiger partial charge in [-0.1, -0.05) is 0 Å². The Morgan fingerprint density at radius 2 is 2.12 bits per heavy atom. The zero-order chi connectivity index (χ0) is 23.5. The number of anilines is 2. The third kappa shape index (κ3) is 4.33. The van der Waals surface area contributed by atoms with Crippen LogP contribution in [0, 0.1) is 11.3 Å². The number of aromatic nitrogens is 3. The lowest BCUT2D eigenvalue weighted by Crippen LogP contribution is -2.40. The number of fused-ring (bicyclic) bond motifs is 1. The Kier molecular flexibility index (Phi) is 6.16. The number of hydrogen-bond acceptors (Lipinski definition) is 9. The van der Waals surface area contributed by atoms with Crippen LogP contribution in [0.15, 0.2) is 24.4 Å². The van der Waals surface area contributed by atoms with E-state index in [0.717, 1.165) is 6.42 Å². The molecule has 5 rings (SSSR count). The number of amides is 1. The van der Waals surface area contributed by atoms with Crippen LogP contribution in [0.1, 0.15) is 22.3 Å². The maximum Gasteiger partial charge on any atom is 0.254 e. The fourth-order valence-electron chi connectivity index (χ4n) is 3.99. The lowest BCUT2D eigenvalue weighted by Gasteiger charge is -2.27. The number of benzene rings is 1. The van der Waals surface area contributed by atoms with Gasteiger partial charge in [0.25, 0.3) is 5.91 Å². The van der Waals surface area contributed by atoms with Crippen molar-refractivity contribution < 1.29 is 23.7 Å². The number of H-pyrrole nitrogens is 1. The van der Waals surface area contributed by atoms with Gasteiger partial charge in [-0.15, -0.1) is 0 Å². The van der Waals surface area contributed by atoms with Crippen molar-refractivity contribution in [3.63, 3.8) is 0 Å². The number of hydrogen-bond donors (Lipinski definition) is 2. The fraction of sp³-hybridized carbons (Fsp3) is 0.391. The molecule has 34 heavy (non-hydrogen) atoms. The summed E-state index contributed by atoms with van der Waals surface area (Å²) in [5.74, 6) is 0.964. The normalized spacial score (nSPS) is 18.0. The van der Waals surface area contributed by atoms with Gasteiger partial charge in [-0.25, -0.2) is 0 Å². The standard InChI is InChI=1S/C23H24N6O5/c1-31-18-10-14(22(30)29-5-8-32-9-6-29)2-3-17(18)26-23-27-20-19(15(11-24)12-25-20)21(28-23)34-16-4-7-33-13-16/h2-3,10,12,16H,4-9,13H2,1H3,(H2,25,26,27,28)/t16-/m0/s1. The van der Waals surface area contributed by atoms with E-state index in [1.165, 1.54) is 7.11 Å². The van der Waals surface area contributed by atoms with Crippen molar-refractivity contribution in [1.29, 1.82) is 5.26 Å². The van der Waals surface area contributed by atoms with Crippen LogP contribution in [0.3, 0.4) is 0 Å². The number of methoxy groups -OCH3 is 1. The van der Waals surface area contributed by atoms with Crippen LogP contribution in [-0.2, 0) is 9.47 Å². The molecule has 2 saturated heterocycles. The molecule has 0 spiro atoms.